The summed E-state index contributed by atoms with van der Waals surface area (Å²) in [7, 11) is 1.68. The van der Waals surface area contributed by atoms with E-state index in [0.717, 1.165) is 39.3 Å². The van der Waals surface area contributed by atoms with E-state index in [1.54, 1.807) is 19.5 Å². The lowest BCUT2D eigenvalue weighted by Crippen LogP contribution is -2.02. The average Bonchev–Trinajstić information content (AvgIpc) is 3.11. The zero-order chi connectivity index (χ0) is 17.1. The summed E-state index contributed by atoms with van der Waals surface area (Å²) in [6.07, 6.45) is 5.42. The molecule has 124 valence electrons. The van der Waals surface area contributed by atoms with E-state index >= 15 is 0 Å². The summed E-state index contributed by atoms with van der Waals surface area (Å²) in [5, 5.41) is 4.53. The lowest BCUT2D eigenvalue weighted by Gasteiger charge is -2.12. The van der Waals surface area contributed by atoms with E-state index in [1.165, 1.54) is 0 Å². The molecule has 4 rings (SSSR count). The van der Waals surface area contributed by atoms with Crippen LogP contribution in [0, 0.1) is 0 Å². The second kappa shape index (κ2) is 6.65. The summed E-state index contributed by atoms with van der Waals surface area (Å²) in [5.74, 6) is 0.807. The molecule has 25 heavy (non-hydrogen) atoms. The number of fused-ring (bicyclic) bond motifs is 1. The Labute approximate surface area is 145 Å². The minimum atomic E-state index is 0.682. The third-order valence-electron chi connectivity index (χ3n) is 4.11. The number of methoxy groups -OCH3 is 1. The fraction of sp³-hybridized carbons (Fsp3) is 0.100. The summed E-state index contributed by atoms with van der Waals surface area (Å²) in [5.41, 5.74) is 5.05. The maximum atomic E-state index is 5.48. The number of aromatic nitrogens is 3. The number of hydrogen-bond donors (Lipinski definition) is 2. The molecule has 3 heterocycles. The molecule has 0 fully saturated rings. The number of aromatic amines is 1. The molecule has 0 unspecified atom stereocenters. The summed E-state index contributed by atoms with van der Waals surface area (Å²) in [6.45, 7) is 0.682. The van der Waals surface area contributed by atoms with Gasteiger partial charge in [-0.15, -0.1) is 0 Å². The van der Waals surface area contributed by atoms with Crippen LogP contribution in [0.4, 0.5) is 5.69 Å². The van der Waals surface area contributed by atoms with Crippen molar-refractivity contribution in [2.75, 3.05) is 12.4 Å². The van der Waals surface area contributed by atoms with Crippen molar-refractivity contribution in [2.45, 2.75) is 6.54 Å². The number of ether oxygens (including phenoxy) is 1. The first-order chi connectivity index (χ1) is 12.3. The van der Waals surface area contributed by atoms with Crippen LogP contribution in [0.3, 0.4) is 0 Å². The van der Waals surface area contributed by atoms with Crippen LogP contribution in [0.1, 0.15) is 5.56 Å². The van der Waals surface area contributed by atoms with Crippen LogP contribution in [0.5, 0.6) is 5.75 Å². The average molecular weight is 330 g/mol. The second-order valence-corrected chi connectivity index (χ2v) is 5.75. The smallest absolute Gasteiger partial charge is 0.142 e. The van der Waals surface area contributed by atoms with Gasteiger partial charge >= 0.3 is 0 Å². The predicted octanol–water partition coefficient (Wildman–Crippen LogP) is 4.25. The standard InChI is InChI=1S/C20H18N4O/c1-25-19-7-6-15(17-11-16-5-3-9-22-20(16)24-17)10-18(19)23-13-14-4-2-8-21-12-14/h2-12,23H,13H2,1H3,(H,22,24). The highest BCUT2D eigenvalue weighted by atomic mass is 16.5. The van der Waals surface area contributed by atoms with Gasteiger partial charge in [-0.2, -0.15) is 0 Å². The van der Waals surface area contributed by atoms with E-state index in [0.29, 0.717) is 6.54 Å². The SMILES string of the molecule is COc1ccc(-c2cc3cccnc3[nH]2)cc1NCc1cccnc1. The largest absolute Gasteiger partial charge is 0.495 e. The number of hydrogen-bond acceptors (Lipinski definition) is 4. The Morgan fingerprint density at radius 1 is 1.08 bits per heavy atom. The first kappa shape index (κ1) is 15.2. The highest BCUT2D eigenvalue weighted by Gasteiger charge is 2.08. The lowest BCUT2D eigenvalue weighted by atomic mass is 10.1. The fourth-order valence-corrected chi connectivity index (χ4v) is 2.83. The maximum Gasteiger partial charge on any atom is 0.142 e. The molecule has 0 saturated heterocycles. The van der Waals surface area contributed by atoms with E-state index in [1.807, 2.05) is 42.6 Å². The molecule has 0 amide bonds. The van der Waals surface area contributed by atoms with Gasteiger partial charge in [-0.1, -0.05) is 6.07 Å². The molecular formula is C20H18N4O. The number of benzene rings is 1. The van der Waals surface area contributed by atoms with Crippen molar-refractivity contribution in [1.82, 2.24) is 15.0 Å². The number of rotatable bonds is 5. The number of nitrogens with zero attached hydrogens (tertiary/aromatic N) is 2. The fourth-order valence-electron chi connectivity index (χ4n) is 2.83. The molecule has 0 aliphatic heterocycles. The Morgan fingerprint density at radius 2 is 2.00 bits per heavy atom. The summed E-state index contributed by atoms with van der Waals surface area (Å²) < 4.78 is 5.48. The summed E-state index contributed by atoms with van der Waals surface area (Å²) in [6, 6.07) is 16.2. The molecule has 0 bridgehead atoms. The summed E-state index contributed by atoms with van der Waals surface area (Å²) >= 11 is 0. The van der Waals surface area contributed by atoms with Gasteiger partial charge in [-0.05, 0) is 48.0 Å². The maximum absolute atomic E-state index is 5.48. The molecule has 0 atom stereocenters. The first-order valence-corrected chi connectivity index (χ1v) is 8.08. The van der Waals surface area contributed by atoms with Crippen LogP contribution in [-0.4, -0.2) is 22.1 Å². The topological polar surface area (TPSA) is 62.8 Å². The number of anilines is 1. The van der Waals surface area contributed by atoms with Gasteiger partial charge in [0.2, 0.25) is 0 Å². The molecule has 0 saturated carbocycles. The van der Waals surface area contributed by atoms with E-state index in [2.05, 4.69) is 32.4 Å². The third-order valence-corrected chi connectivity index (χ3v) is 4.11. The third kappa shape index (κ3) is 3.17. The molecule has 4 aromatic rings. The molecule has 0 radical (unpaired) electrons. The van der Waals surface area contributed by atoms with Gasteiger partial charge in [0, 0.05) is 41.8 Å². The van der Waals surface area contributed by atoms with Gasteiger partial charge in [0.05, 0.1) is 12.8 Å². The van der Waals surface area contributed by atoms with Crippen LogP contribution < -0.4 is 10.1 Å². The molecule has 2 N–H and O–H groups in total. The molecule has 0 aliphatic carbocycles. The van der Waals surface area contributed by atoms with Crippen molar-refractivity contribution < 1.29 is 4.74 Å². The number of pyridine rings is 2. The first-order valence-electron chi connectivity index (χ1n) is 8.08. The van der Waals surface area contributed by atoms with E-state index in [9.17, 15) is 0 Å². The van der Waals surface area contributed by atoms with Crippen LogP contribution >= 0.6 is 0 Å². The van der Waals surface area contributed by atoms with Gasteiger partial charge in [0.25, 0.3) is 0 Å². The van der Waals surface area contributed by atoms with Gasteiger partial charge in [-0.25, -0.2) is 4.98 Å². The van der Waals surface area contributed by atoms with Crippen molar-refractivity contribution in [3.8, 4) is 17.0 Å². The Kier molecular flexibility index (Phi) is 4.04. The molecule has 1 aromatic carbocycles. The Bertz CT molecular complexity index is 962. The van der Waals surface area contributed by atoms with Crippen molar-refractivity contribution >= 4 is 16.7 Å². The zero-order valence-electron chi connectivity index (χ0n) is 13.9. The van der Waals surface area contributed by atoms with Crippen molar-refractivity contribution in [3.63, 3.8) is 0 Å². The Balaban J connectivity index is 1.65. The Morgan fingerprint density at radius 3 is 2.80 bits per heavy atom. The van der Waals surface area contributed by atoms with E-state index in [-0.39, 0.29) is 0 Å². The van der Waals surface area contributed by atoms with Crippen LogP contribution in [0.25, 0.3) is 22.3 Å². The molecular weight excluding hydrogens is 312 g/mol. The second-order valence-electron chi connectivity index (χ2n) is 5.75. The van der Waals surface area contributed by atoms with Crippen LogP contribution in [0.15, 0.2) is 67.1 Å². The zero-order valence-corrected chi connectivity index (χ0v) is 13.9. The highest BCUT2D eigenvalue weighted by molar-refractivity contribution is 5.84. The van der Waals surface area contributed by atoms with E-state index in [4.69, 9.17) is 4.74 Å². The highest BCUT2D eigenvalue weighted by Crippen LogP contribution is 2.31. The monoisotopic (exact) mass is 330 g/mol. The molecule has 0 aliphatic rings. The lowest BCUT2D eigenvalue weighted by molar-refractivity contribution is 0.416. The Hall–Kier alpha value is -3.34. The van der Waals surface area contributed by atoms with Crippen molar-refractivity contribution in [3.05, 3.63) is 72.7 Å². The quantitative estimate of drug-likeness (QED) is 0.574. The van der Waals surface area contributed by atoms with Gasteiger partial charge in [0.1, 0.15) is 11.4 Å². The summed E-state index contributed by atoms with van der Waals surface area (Å²) in [4.78, 5) is 11.9. The van der Waals surface area contributed by atoms with Crippen LogP contribution in [0.2, 0.25) is 0 Å². The predicted molar refractivity (Wildman–Crippen MR) is 99.6 cm³/mol. The number of H-pyrrole nitrogens is 1. The van der Waals surface area contributed by atoms with Gasteiger partial charge in [0.15, 0.2) is 0 Å². The van der Waals surface area contributed by atoms with Gasteiger partial charge in [-0.3, -0.25) is 4.98 Å². The normalized spacial score (nSPS) is 10.8. The van der Waals surface area contributed by atoms with Gasteiger partial charge < -0.3 is 15.0 Å². The number of nitrogens with one attached hydrogen (secondary N) is 2. The minimum Gasteiger partial charge on any atom is -0.495 e. The molecule has 0 spiro atoms. The minimum absolute atomic E-state index is 0.682. The van der Waals surface area contributed by atoms with Crippen molar-refractivity contribution in [2.24, 2.45) is 0 Å². The van der Waals surface area contributed by atoms with Crippen LogP contribution in [-0.2, 0) is 6.54 Å². The molecule has 5 nitrogen and oxygen atoms in total. The molecule has 5 heteroatoms. The van der Waals surface area contributed by atoms with Crippen molar-refractivity contribution in [1.29, 1.82) is 0 Å². The van der Waals surface area contributed by atoms with E-state index < -0.39 is 0 Å². The molecule has 3 aromatic heterocycles.